The van der Waals surface area contributed by atoms with Gasteiger partial charge < -0.3 is 14.7 Å². The smallest absolute Gasteiger partial charge is 0.475 e. The second kappa shape index (κ2) is 9.51. The minimum Gasteiger partial charge on any atom is -0.475 e. The van der Waals surface area contributed by atoms with Gasteiger partial charge in [0, 0.05) is 40.2 Å². The van der Waals surface area contributed by atoms with Crippen LogP contribution in [-0.4, -0.2) is 109 Å². The fourth-order valence-electron chi connectivity index (χ4n) is 4.47. The molecular formula is C19H29F3N4O5. The summed E-state index contributed by atoms with van der Waals surface area (Å²) < 4.78 is 36.9. The third kappa shape index (κ3) is 5.35. The number of likely N-dealkylation sites (N-methyl/N-ethyl adjacent to an activating group) is 1. The zero-order valence-electron chi connectivity index (χ0n) is 18.1. The van der Waals surface area contributed by atoms with Crippen LogP contribution in [-0.2, 0) is 19.1 Å². The molecular weight excluding hydrogens is 421 g/mol. The molecule has 0 radical (unpaired) electrons. The fraction of sp³-hybridized carbons (Fsp3) is 0.789. The molecule has 3 atom stereocenters. The lowest BCUT2D eigenvalue weighted by molar-refractivity contribution is -0.192. The number of likely N-dealkylation sites (tertiary alicyclic amines) is 1. The van der Waals surface area contributed by atoms with Crippen LogP contribution in [0.4, 0.5) is 13.2 Å². The molecule has 12 heteroatoms. The molecule has 0 unspecified atom stereocenters. The second-order valence-electron chi connectivity index (χ2n) is 8.22. The van der Waals surface area contributed by atoms with Gasteiger partial charge in [-0.05, 0) is 25.7 Å². The van der Waals surface area contributed by atoms with Gasteiger partial charge in [-0.25, -0.2) is 4.79 Å². The summed E-state index contributed by atoms with van der Waals surface area (Å²) in [6, 6.07) is 0. The Kier molecular flexibility index (Phi) is 7.69. The summed E-state index contributed by atoms with van der Waals surface area (Å²) in [6.45, 7) is 5.11. The average molecular weight is 450 g/mol. The van der Waals surface area contributed by atoms with Crippen molar-refractivity contribution in [1.82, 2.24) is 14.7 Å². The molecule has 0 bridgehead atoms. The van der Waals surface area contributed by atoms with Gasteiger partial charge in [0.05, 0.1) is 19.7 Å². The molecule has 1 N–H and O–H groups in total. The lowest BCUT2D eigenvalue weighted by Gasteiger charge is -2.28. The Hall–Kier alpha value is -2.21. The summed E-state index contributed by atoms with van der Waals surface area (Å²) in [5, 5.41) is 7.12. The molecule has 2 amide bonds. The number of hydrogen-bond donors (Lipinski definition) is 1. The van der Waals surface area contributed by atoms with E-state index in [2.05, 4.69) is 4.90 Å². The van der Waals surface area contributed by atoms with Crippen LogP contribution in [0, 0.1) is 11.8 Å². The van der Waals surface area contributed by atoms with Crippen LogP contribution in [0.3, 0.4) is 0 Å². The largest absolute Gasteiger partial charge is 0.490 e. The number of halogens is 3. The molecule has 0 aromatic heterocycles. The van der Waals surface area contributed by atoms with Crippen molar-refractivity contribution >= 4 is 23.6 Å². The zero-order valence-corrected chi connectivity index (χ0v) is 18.1. The SMILES string of the molecule is COCCN1C(=O)[C@]2(CC[C@@H]3CN(CC(=O)N(C)C)C[C@@H]32)N=C1C.O=C(O)C(F)(F)F. The fourth-order valence-corrected chi connectivity index (χ4v) is 4.47. The van der Waals surface area contributed by atoms with E-state index in [0.717, 1.165) is 31.8 Å². The summed E-state index contributed by atoms with van der Waals surface area (Å²) >= 11 is 0. The van der Waals surface area contributed by atoms with Gasteiger partial charge in [-0.2, -0.15) is 13.2 Å². The molecule has 2 fully saturated rings. The minimum absolute atomic E-state index is 0.114. The Morgan fingerprint density at radius 2 is 1.94 bits per heavy atom. The molecule has 31 heavy (non-hydrogen) atoms. The number of hydrogen-bond acceptors (Lipinski definition) is 6. The number of methoxy groups -OCH3 is 1. The molecule has 0 aromatic carbocycles. The molecule has 1 saturated carbocycles. The number of carbonyl (C=O) groups excluding carboxylic acids is 2. The number of fused-ring (bicyclic) bond motifs is 2. The van der Waals surface area contributed by atoms with Crippen LogP contribution in [0.25, 0.3) is 0 Å². The standard InChI is InChI=1S/C17H28N4O3.C2HF3O2/c1-12-18-17(16(23)21(12)7-8-24-4)6-5-13-9-20(10-14(13)17)11-15(22)19(2)3;3-2(4,5)1(6)7/h13-14H,5-11H2,1-4H3;(H,6,7)/t13-,14+,17-;/m1./s1. The third-order valence-electron chi connectivity index (χ3n) is 6.01. The van der Waals surface area contributed by atoms with Gasteiger partial charge in [0.25, 0.3) is 5.91 Å². The van der Waals surface area contributed by atoms with Crippen molar-refractivity contribution < 1.29 is 37.4 Å². The van der Waals surface area contributed by atoms with Crippen molar-refractivity contribution in [3.8, 4) is 0 Å². The Morgan fingerprint density at radius 1 is 1.32 bits per heavy atom. The molecule has 3 aliphatic rings. The molecule has 1 aliphatic carbocycles. The van der Waals surface area contributed by atoms with Gasteiger partial charge in [-0.3, -0.25) is 24.4 Å². The molecule has 2 aliphatic heterocycles. The van der Waals surface area contributed by atoms with Crippen LogP contribution >= 0.6 is 0 Å². The quantitative estimate of drug-likeness (QED) is 0.662. The first-order chi connectivity index (χ1) is 14.3. The van der Waals surface area contributed by atoms with Gasteiger partial charge in [0.1, 0.15) is 11.4 Å². The number of carboxylic acids is 1. The predicted octanol–water partition coefficient (Wildman–Crippen LogP) is 0.696. The Bertz CT molecular complexity index is 743. The van der Waals surface area contributed by atoms with Crippen LogP contribution in [0.2, 0.25) is 0 Å². The van der Waals surface area contributed by atoms with Crippen molar-refractivity contribution in [1.29, 1.82) is 0 Å². The number of aliphatic imine (C=N–C) groups is 1. The summed E-state index contributed by atoms with van der Waals surface area (Å²) in [7, 11) is 5.20. The van der Waals surface area contributed by atoms with E-state index < -0.39 is 17.7 Å². The normalized spacial score (nSPS) is 27.8. The molecule has 176 valence electrons. The first-order valence-electron chi connectivity index (χ1n) is 9.93. The van der Waals surface area contributed by atoms with E-state index >= 15 is 0 Å². The van der Waals surface area contributed by atoms with Gasteiger partial charge in [-0.1, -0.05) is 0 Å². The van der Waals surface area contributed by atoms with Crippen LogP contribution in [0.1, 0.15) is 19.8 Å². The summed E-state index contributed by atoms with van der Waals surface area (Å²) in [5.74, 6) is -1.02. The number of carboxylic acid groups (broad SMARTS) is 1. The topological polar surface area (TPSA) is 103 Å². The summed E-state index contributed by atoms with van der Waals surface area (Å²) in [4.78, 5) is 44.4. The highest BCUT2D eigenvalue weighted by Crippen LogP contribution is 2.50. The molecule has 3 rings (SSSR count). The van der Waals surface area contributed by atoms with Crippen molar-refractivity contribution in [2.75, 3.05) is 54.0 Å². The number of amides is 2. The van der Waals surface area contributed by atoms with E-state index in [1.165, 1.54) is 0 Å². The predicted molar refractivity (Wildman–Crippen MR) is 104 cm³/mol. The van der Waals surface area contributed by atoms with E-state index in [4.69, 9.17) is 19.6 Å². The highest BCUT2D eigenvalue weighted by atomic mass is 19.4. The van der Waals surface area contributed by atoms with Crippen molar-refractivity contribution in [3.05, 3.63) is 0 Å². The number of ether oxygens (including phenoxy) is 1. The maximum absolute atomic E-state index is 13.1. The van der Waals surface area contributed by atoms with Gasteiger partial charge >= 0.3 is 12.1 Å². The van der Waals surface area contributed by atoms with Crippen LogP contribution in [0.15, 0.2) is 4.99 Å². The first kappa shape index (κ1) is 25.1. The van der Waals surface area contributed by atoms with Gasteiger partial charge in [0.15, 0.2) is 0 Å². The van der Waals surface area contributed by atoms with Crippen LogP contribution in [0.5, 0.6) is 0 Å². The van der Waals surface area contributed by atoms with Crippen molar-refractivity contribution in [2.45, 2.75) is 31.5 Å². The molecule has 9 nitrogen and oxygen atoms in total. The molecule has 0 aromatic rings. The van der Waals surface area contributed by atoms with Crippen molar-refractivity contribution in [3.63, 3.8) is 0 Å². The lowest BCUT2D eigenvalue weighted by atomic mass is 9.85. The summed E-state index contributed by atoms with van der Waals surface area (Å²) in [5.41, 5.74) is -0.599. The number of carbonyl (C=O) groups is 3. The number of aliphatic carboxylic acids is 1. The van der Waals surface area contributed by atoms with E-state index in [9.17, 15) is 22.8 Å². The minimum atomic E-state index is -5.08. The maximum atomic E-state index is 13.1. The zero-order chi connectivity index (χ0) is 23.6. The third-order valence-corrected chi connectivity index (χ3v) is 6.01. The first-order valence-corrected chi connectivity index (χ1v) is 9.93. The van der Waals surface area contributed by atoms with Gasteiger partial charge in [0.2, 0.25) is 5.91 Å². The molecule has 2 heterocycles. The monoisotopic (exact) mass is 450 g/mol. The molecule has 1 saturated heterocycles. The average Bonchev–Trinajstić information content (AvgIpc) is 3.28. The van der Waals surface area contributed by atoms with E-state index in [1.807, 2.05) is 6.92 Å². The van der Waals surface area contributed by atoms with E-state index in [1.54, 1.807) is 31.0 Å². The number of nitrogens with zero attached hydrogens (tertiary/aromatic N) is 4. The van der Waals surface area contributed by atoms with E-state index in [0.29, 0.717) is 25.6 Å². The number of amidine groups is 1. The Morgan fingerprint density at radius 3 is 2.45 bits per heavy atom. The Balaban J connectivity index is 0.000000423. The maximum Gasteiger partial charge on any atom is 0.490 e. The second-order valence-corrected chi connectivity index (χ2v) is 8.22. The Labute approximate surface area is 178 Å². The number of rotatable bonds is 5. The molecule has 1 spiro atoms. The van der Waals surface area contributed by atoms with Crippen LogP contribution < -0.4 is 0 Å². The lowest BCUT2D eigenvalue weighted by Crippen LogP contribution is -2.47. The van der Waals surface area contributed by atoms with Crippen molar-refractivity contribution in [2.24, 2.45) is 16.8 Å². The summed E-state index contributed by atoms with van der Waals surface area (Å²) in [6.07, 6.45) is -3.24. The van der Waals surface area contributed by atoms with Gasteiger partial charge in [-0.15, -0.1) is 0 Å². The number of alkyl halides is 3. The van der Waals surface area contributed by atoms with E-state index in [-0.39, 0.29) is 17.7 Å². The highest BCUT2D eigenvalue weighted by Gasteiger charge is 2.60. The highest BCUT2D eigenvalue weighted by molar-refractivity contribution is 6.07.